The Bertz CT molecular complexity index is 3790. The summed E-state index contributed by atoms with van der Waals surface area (Å²) < 4.78 is 9.27. The third-order valence-electron chi connectivity index (χ3n) is 13.8. The summed E-state index contributed by atoms with van der Waals surface area (Å²) >= 11 is 0. The molecule has 0 aliphatic heterocycles. The van der Waals surface area contributed by atoms with Gasteiger partial charge in [-0.1, -0.05) is 172 Å². The van der Waals surface area contributed by atoms with Crippen LogP contribution in [0.15, 0.2) is 223 Å². The van der Waals surface area contributed by atoms with Gasteiger partial charge in [0.1, 0.15) is 11.2 Å². The molecule has 302 valence electrons. The fraction of sp³-hybridized carbons (Fsp3) is 0.0492. The molecule has 1 aliphatic rings. The Morgan fingerprint density at radius 3 is 1.84 bits per heavy atom. The summed E-state index contributed by atoms with van der Waals surface area (Å²) in [5, 5.41) is 7.01. The number of fused-ring (bicyclic) bond motifs is 10. The number of para-hydroxylation sites is 4. The Balaban J connectivity index is 1.07. The van der Waals surface area contributed by atoms with Gasteiger partial charge in [-0.3, -0.25) is 0 Å². The Morgan fingerprint density at radius 2 is 1.02 bits per heavy atom. The van der Waals surface area contributed by atoms with Gasteiger partial charge in [-0.2, -0.15) is 0 Å². The molecular formula is C61H42N2O. The molecule has 13 rings (SSSR count). The fourth-order valence-electron chi connectivity index (χ4n) is 10.8. The van der Waals surface area contributed by atoms with E-state index in [9.17, 15) is 0 Å². The zero-order valence-corrected chi connectivity index (χ0v) is 35.6. The number of rotatable bonds is 6. The van der Waals surface area contributed by atoms with E-state index in [1.807, 2.05) is 0 Å². The number of benzene rings is 10. The smallest absolute Gasteiger partial charge is 0.143 e. The highest BCUT2D eigenvalue weighted by Crippen LogP contribution is 2.52. The summed E-state index contributed by atoms with van der Waals surface area (Å²) in [6.45, 7) is 4.72. The number of aromatic nitrogens is 1. The van der Waals surface area contributed by atoms with Crippen LogP contribution in [0.2, 0.25) is 0 Å². The van der Waals surface area contributed by atoms with Crippen LogP contribution < -0.4 is 4.90 Å². The van der Waals surface area contributed by atoms with Gasteiger partial charge in [0.2, 0.25) is 0 Å². The Hall–Kier alpha value is -8.14. The van der Waals surface area contributed by atoms with Gasteiger partial charge in [0.05, 0.1) is 22.4 Å². The minimum atomic E-state index is -0.123. The van der Waals surface area contributed by atoms with E-state index in [1.165, 1.54) is 60.4 Å². The summed E-state index contributed by atoms with van der Waals surface area (Å²) in [6.07, 6.45) is 0. The van der Waals surface area contributed by atoms with Crippen LogP contribution >= 0.6 is 0 Å². The predicted molar refractivity (Wildman–Crippen MR) is 269 cm³/mol. The summed E-state index contributed by atoms with van der Waals surface area (Å²) in [6, 6.07) is 79.7. The average Bonchev–Trinajstić information content (AvgIpc) is 3.97. The van der Waals surface area contributed by atoms with Crippen molar-refractivity contribution in [3.05, 3.63) is 230 Å². The number of furan rings is 1. The van der Waals surface area contributed by atoms with Gasteiger partial charge in [-0.05, 0) is 99.4 Å². The van der Waals surface area contributed by atoms with E-state index in [4.69, 9.17) is 4.42 Å². The highest BCUT2D eigenvalue weighted by molar-refractivity contribution is 6.13. The van der Waals surface area contributed by atoms with Crippen LogP contribution in [0.25, 0.3) is 93.6 Å². The number of hydrogen-bond donors (Lipinski definition) is 0. The third kappa shape index (κ3) is 5.41. The molecule has 0 bridgehead atoms. The van der Waals surface area contributed by atoms with E-state index in [0.717, 1.165) is 61.4 Å². The zero-order chi connectivity index (χ0) is 42.5. The second kappa shape index (κ2) is 13.9. The van der Waals surface area contributed by atoms with Gasteiger partial charge < -0.3 is 13.9 Å². The van der Waals surface area contributed by atoms with Gasteiger partial charge >= 0.3 is 0 Å². The highest BCUT2D eigenvalue weighted by Gasteiger charge is 2.35. The maximum Gasteiger partial charge on any atom is 0.143 e. The largest absolute Gasteiger partial charge is 0.455 e. The summed E-state index contributed by atoms with van der Waals surface area (Å²) in [5.41, 5.74) is 18.2. The summed E-state index contributed by atoms with van der Waals surface area (Å²) in [7, 11) is 0. The molecule has 3 nitrogen and oxygen atoms in total. The lowest BCUT2D eigenvalue weighted by molar-refractivity contribution is 0.660. The normalized spacial score (nSPS) is 13.0. The van der Waals surface area contributed by atoms with Gasteiger partial charge in [0.15, 0.2) is 0 Å². The van der Waals surface area contributed by atoms with Crippen LogP contribution in [-0.2, 0) is 5.41 Å². The first-order valence-electron chi connectivity index (χ1n) is 22.2. The van der Waals surface area contributed by atoms with Crippen LogP contribution in [0.5, 0.6) is 0 Å². The first kappa shape index (κ1) is 36.5. The van der Waals surface area contributed by atoms with Crippen molar-refractivity contribution in [2.24, 2.45) is 0 Å². The van der Waals surface area contributed by atoms with Gasteiger partial charge in [-0.25, -0.2) is 0 Å². The average molecular weight is 819 g/mol. The van der Waals surface area contributed by atoms with Crippen LogP contribution in [0, 0.1) is 0 Å². The standard InChI is InChI=1S/C61H42N2O/c1-61(2)53-27-10-5-23-46(53)47-34-33-41(36-54(47)61)45-22-6-11-28-55(45)63(56-31-16-18-39-17-3-4-21-44(39)56)43-37-51(60-52(38-43)50-26-9-14-32-59(50)64-60)40-19-15-20-42(35-40)62-57-29-12-7-24-48(57)49-25-8-13-30-58(49)62/h3-38H,1-2H3. The van der Waals surface area contributed by atoms with Crippen molar-refractivity contribution in [2.75, 3.05) is 4.90 Å². The van der Waals surface area contributed by atoms with Crippen molar-refractivity contribution < 1.29 is 4.42 Å². The lowest BCUT2D eigenvalue weighted by Gasteiger charge is -2.30. The van der Waals surface area contributed by atoms with E-state index < -0.39 is 0 Å². The van der Waals surface area contributed by atoms with E-state index in [2.05, 4.69) is 242 Å². The predicted octanol–water partition coefficient (Wildman–Crippen LogP) is 16.9. The minimum Gasteiger partial charge on any atom is -0.455 e. The molecule has 3 heteroatoms. The van der Waals surface area contributed by atoms with E-state index in [0.29, 0.717) is 0 Å². The van der Waals surface area contributed by atoms with E-state index in [1.54, 1.807) is 0 Å². The molecule has 2 heterocycles. The SMILES string of the molecule is CC1(C)c2ccccc2-c2ccc(-c3ccccc3N(c3cc(-c4cccc(-n5c6ccccc6c6ccccc65)c4)c4oc5ccccc5c4c3)c3cccc4ccccc34)cc21. The molecule has 0 fully saturated rings. The molecule has 0 N–H and O–H groups in total. The maximum absolute atomic E-state index is 6.88. The molecule has 0 spiro atoms. The topological polar surface area (TPSA) is 21.3 Å². The van der Waals surface area contributed by atoms with Gasteiger partial charge in [0.25, 0.3) is 0 Å². The molecule has 2 aromatic heterocycles. The zero-order valence-electron chi connectivity index (χ0n) is 35.6. The monoisotopic (exact) mass is 818 g/mol. The highest BCUT2D eigenvalue weighted by atomic mass is 16.3. The van der Waals surface area contributed by atoms with Crippen molar-refractivity contribution >= 4 is 71.6 Å². The van der Waals surface area contributed by atoms with Crippen LogP contribution in [0.1, 0.15) is 25.0 Å². The molecule has 10 aromatic carbocycles. The Kier molecular flexibility index (Phi) is 7.95. The Morgan fingerprint density at radius 1 is 0.406 bits per heavy atom. The maximum atomic E-state index is 6.88. The minimum absolute atomic E-state index is 0.123. The quantitative estimate of drug-likeness (QED) is 0.167. The summed E-state index contributed by atoms with van der Waals surface area (Å²) in [5.74, 6) is 0. The molecule has 12 aromatic rings. The van der Waals surface area contributed by atoms with Crippen molar-refractivity contribution in [3.63, 3.8) is 0 Å². The first-order chi connectivity index (χ1) is 31.5. The lowest BCUT2D eigenvalue weighted by Crippen LogP contribution is -2.15. The van der Waals surface area contributed by atoms with Crippen molar-refractivity contribution in [2.45, 2.75) is 19.3 Å². The van der Waals surface area contributed by atoms with Gasteiger partial charge in [-0.15, -0.1) is 0 Å². The van der Waals surface area contributed by atoms with Crippen molar-refractivity contribution in [1.29, 1.82) is 0 Å². The molecule has 0 saturated heterocycles. The molecule has 0 amide bonds. The first-order valence-corrected chi connectivity index (χ1v) is 22.2. The number of hydrogen-bond acceptors (Lipinski definition) is 2. The molecule has 0 unspecified atom stereocenters. The molecule has 0 radical (unpaired) electrons. The van der Waals surface area contributed by atoms with Crippen molar-refractivity contribution in [3.8, 4) is 39.1 Å². The molecule has 64 heavy (non-hydrogen) atoms. The van der Waals surface area contributed by atoms with E-state index >= 15 is 0 Å². The number of nitrogens with zero attached hydrogens (tertiary/aromatic N) is 2. The van der Waals surface area contributed by atoms with Crippen molar-refractivity contribution in [1.82, 2.24) is 4.57 Å². The third-order valence-corrected chi connectivity index (χ3v) is 13.8. The van der Waals surface area contributed by atoms with Crippen LogP contribution in [0.4, 0.5) is 17.1 Å². The van der Waals surface area contributed by atoms with Crippen LogP contribution in [-0.4, -0.2) is 4.57 Å². The second-order valence-electron chi connectivity index (χ2n) is 17.7. The molecule has 1 aliphatic carbocycles. The summed E-state index contributed by atoms with van der Waals surface area (Å²) in [4.78, 5) is 2.48. The van der Waals surface area contributed by atoms with E-state index in [-0.39, 0.29) is 5.41 Å². The lowest BCUT2D eigenvalue weighted by atomic mass is 9.81. The molecule has 0 saturated carbocycles. The molecular weight excluding hydrogens is 777 g/mol. The van der Waals surface area contributed by atoms with Crippen LogP contribution in [0.3, 0.4) is 0 Å². The second-order valence-corrected chi connectivity index (χ2v) is 17.7. The Labute approximate surface area is 371 Å². The van der Waals surface area contributed by atoms with Gasteiger partial charge in [0, 0.05) is 54.8 Å². The number of anilines is 3. The molecule has 0 atom stereocenters. The fourth-order valence-corrected chi connectivity index (χ4v) is 10.8.